The number of aromatic nitrogens is 1. The molecule has 3 aromatic rings. The first-order valence-corrected chi connectivity index (χ1v) is 9.48. The molecule has 2 aromatic carbocycles. The van der Waals surface area contributed by atoms with Crippen molar-refractivity contribution in [3.05, 3.63) is 77.4 Å². The molecule has 0 aliphatic rings. The summed E-state index contributed by atoms with van der Waals surface area (Å²) in [5.41, 5.74) is 4.97. The van der Waals surface area contributed by atoms with E-state index in [0.29, 0.717) is 5.82 Å². The lowest BCUT2D eigenvalue weighted by Gasteiger charge is -2.12. The highest BCUT2D eigenvalue weighted by Gasteiger charge is 2.15. The summed E-state index contributed by atoms with van der Waals surface area (Å²) >= 11 is 0. The number of sulfonamides is 1. The van der Waals surface area contributed by atoms with Crippen molar-refractivity contribution in [2.75, 3.05) is 4.72 Å². The molecule has 0 unspecified atom stereocenters. The monoisotopic (exact) mass is 352 g/mol. The SMILES string of the molecule is Cc1cc(NS(=O)(=O)c2ccccc2)nc(-c2ccc(C)cc2C)c1. The fraction of sp³-hybridized carbons (Fsp3) is 0.150. The van der Waals surface area contributed by atoms with E-state index in [-0.39, 0.29) is 4.90 Å². The highest BCUT2D eigenvalue weighted by atomic mass is 32.2. The van der Waals surface area contributed by atoms with Gasteiger partial charge in [0.15, 0.2) is 0 Å². The van der Waals surface area contributed by atoms with Gasteiger partial charge in [-0.3, -0.25) is 4.72 Å². The third-order valence-corrected chi connectivity index (χ3v) is 5.29. The first kappa shape index (κ1) is 17.2. The number of anilines is 1. The molecule has 128 valence electrons. The molecule has 1 aromatic heterocycles. The molecule has 0 spiro atoms. The van der Waals surface area contributed by atoms with Crippen molar-refractivity contribution in [1.29, 1.82) is 0 Å². The molecular formula is C20H20N2O2S. The molecular weight excluding hydrogens is 332 g/mol. The summed E-state index contributed by atoms with van der Waals surface area (Å²) in [6, 6.07) is 18.1. The van der Waals surface area contributed by atoms with Gasteiger partial charge < -0.3 is 0 Å². The summed E-state index contributed by atoms with van der Waals surface area (Å²) in [6.45, 7) is 6.00. The fourth-order valence-corrected chi connectivity index (χ4v) is 3.77. The molecule has 0 amide bonds. The van der Waals surface area contributed by atoms with Crippen LogP contribution in [0.5, 0.6) is 0 Å². The number of aryl methyl sites for hydroxylation is 3. The molecule has 0 saturated carbocycles. The highest BCUT2D eigenvalue weighted by molar-refractivity contribution is 7.92. The topological polar surface area (TPSA) is 59.1 Å². The van der Waals surface area contributed by atoms with Crippen LogP contribution in [0, 0.1) is 20.8 Å². The minimum absolute atomic E-state index is 0.214. The summed E-state index contributed by atoms with van der Waals surface area (Å²) < 4.78 is 27.6. The van der Waals surface area contributed by atoms with Crippen LogP contribution < -0.4 is 4.72 Å². The Morgan fingerprint density at radius 1 is 0.840 bits per heavy atom. The number of hydrogen-bond acceptors (Lipinski definition) is 3. The lowest BCUT2D eigenvalue weighted by Crippen LogP contribution is -2.14. The molecule has 0 fully saturated rings. The van der Waals surface area contributed by atoms with Gasteiger partial charge in [-0.2, -0.15) is 0 Å². The lowest BCUT2D eigenvalue weighted by molar-refractivity contribution is 0.601. The van der Waals surface area contributed by atoms with Crippen molar-refractivity contribution in [1.82, 2.24) is 4.98 Å². The molecule has 25 heavy (non-hydrogen) atoms. The number of nitrogens with zero attached hydrogens (tertiary/aromatic N) is 1. The minimum atomic E-state index is -3.66. The van der Waals surface area contributed by atoms with Crippen LogP contribution >= 0.6 is 0 Å². The van der Waals surface area contributed by atoms with E-state index in [2.05, 4.69) is 15.8 Å². The zero-order valence-corrected chi connectivity index (χ0v) is 15.3. The van der Waals surface area contributed by atoms with Crippen LogP contribution in [-0.4, -0.2) is 13.4 Å². The summed E-state index contributed by atoms with van der Waals surface area (Å²) in [7, 11) is -3.66. The zero-order chi connectivity index (χ0) is 18.0. The smallest absolute Gasteiger partial charge is 0.263 e. The molecule has 3 rings (SSSR count). The van der Waals surface area contributed by atoms with E-state index in [4.69, 9.17) is 0 Å². The van der Waals surface area contributed by atoms with Crippen molar-refractivity contribution >= 4 is 15.8 Å². The maximum Gasteiger partial charge on any atom is 0.263 e. The normalized spacial score (nSPS) is 11.3. The third kappa shape index (κ3) is 3.88. The van der Waals surface area contributed by atoms with Crippen LogP contribution in [0.25, 0.3) is 11.3 Å². The van der Waals surface area contributed by atoms with Crippen LogP contribution in [0.15, 0.2) is 65.6 Å². The molecule has 1 N–H and O–H groups in total. The largest absolute Gasteiger partial charge is 0.263 e. The fourth-order valence-electron chi connectivity index (χ4n) is 2.75. The molecule has 0 saturated heterocycles. The van der Waals surface area contributed by atoms with Crippen LogP contribution in [0.3, 0.4) is 0 Å². The number of benzene rings is 2. The molecule has 0 aliphatic heterocycles. The highest BCUT2D eigenvalue weighted by Crippen LogP contribution is 2.26. The Balaban J connectivity index is 2.00. The van der Waals surface area contributed by atoms with E-state index < -0.39 is 10.0 Å². The Kier molecular flexibility index (Phi) is 4.59. The van der Waals surface area contributed by atoms with Gasteiger partial charge in [-0.15, -0.1) is 0 Å². The summed E-state index contributed by atoms with van der Waals surface area (Å²) in [5.74, 6) is 0.318. The Morgan fingerprint density at radius 3 is 2.24 bits per heavy atom. The van der Waals surface area contributed by atoms with Crippen molar-refractivity contribution in [3.8, 4) is 11.3 Å². The van der Waals surface area contributed by atoms with E-state index >= 15 is 0 Å². The Labute approximate surface area is 148 Å². The first-order chi connectivity index (χ1) is 11.8. The van der Waals surface area contributed by atoms with E-state index in [1.165, 1.54) is 5.56 Å². The van der Waals surface area contributed by atoms with Gasteiger partial charge in [-0.1, -0.05) is 42.0 Å². The van der Waals surface area contributed by atoms with Gasteiger partial charge in [0.2, 0.25) is 0 Å². The van der Waals surface area contributed by atoms with E-state index in [1.54, 1.807) is 36.4 Å². The van der Waals surface area contributed by atoms with Gasteiger partial charge in [-0.05, 0) is 56.2 Å². The van der Waals surface area contributed by atoms with Crippen LogP contribution in [0.2, 0.25) is 0 Å². The average Bonchev–Trinajstić information content (AvgIpc) is 2.54. The summed E-state index contributed by atoms with van der Waals surface area (Å²) in [4.78, 5) is 4.73. The van der Waals surface area contributed by atoms with E-state index in [9.17, 15) is 8.42 Å². The van der Waals surface area contributed by atoms with Gasteiger partial charge >= 0.3 is 0 Å². The standard InChI is InChI=1S/C20H20N2O2S/c1-14-9-10-18(16(3)11-14)19-12-15(2)13-20(21-19)22-25(23,24)17-7-5-4-6-8-17/h4-13H,1-3H3,(H,21,22). The van der Waals surface area contributed by atoms with Gasteiger partial charge in [0, 0.05) is 5.56 Å². The Hall–Kier alpha value is -2.66. The molecule has 0 radical (unpaired) electrons. The van der Waals surface area contributed by atoms with Crippen molar-refractivity contribution in [2.24, 2.45) is 0 Å². The minimum Gasteiger partial charge on any atom is -0.263 e. The Bertz CT molecular complexity index is 1010. The van der Waals surface area contributed by atoms with Crippen LogP contribution in [0.4, 0.5) is 5.82 Å². The predicted molar refractivity (Wildman–Crippen MR) is 101 cm³/mol. The summed E-state index contributed by atoms with van der Waals surface area (Å²) in [6.07, 6.45) is 0. The average molecular weight is 352 g/mol. The molecule has 4 nitrogen and oxygen atoms in total. The maximum atomic E-state index is 12.5. The second-order valence-corrected chi connectivity index (χ2v) is 7.83. The van der Waals surface area contributed by atoms with Gasteiger partial charge in [0.1, 0.15) is 5.82 Å². The number of rotatable bonds is 4. The third-order valence-electron chi connectivity index (χ3n) is 3.92. The lowest BCUT2D eigenvalue weighted by atomic mass is 10.0. The predicted octanol–water partition coefficient (Wildman–Crippen LogP) is 4.47. The van der Waals surface area contributed by atoms with Crippen LogP contribution in [-0.2, 0) is 10.0 Å². The first-order valence-electron chi connectivity index (χ1n) is 7.99. The maximum absolute atomic E-state index is 12.5. The van der Waals surface area contributed by atoms with Crippen molar-refractivity contribution < 1.29 is 8.42 Å². The van der Waals surface area contributed by atoms with Gasteiger partial charge in [0.25, 0.3) is 10.0 Å². The number of pyridine rings is 1. The Morgan fingerprint density at radius 2 is 1.56 bits per heavy atom. The number of hydrogen-bond donors (Lipinski definition) is 1. The van der Waals surface area contributed by atoms with Crippen molar-refractivity contribution in [2.45, 2.75) is 25.7 Å². The molecule has 0 bridgehead atoms. The molecule has 5 heteroatoms. The molecule has 0 atom stereocenters. The van der Waals surface area contributed by atoms with Gasteiger partial charge in [-0.25, -0.2) is 13.4 Å². The molecule has 0 aliphatic carbocycles. The number of nitrogens with one attached hydrogen (secondary N) is 1. The van der Waals surface area contributed by atoms with Crippen LogP contribution in [0.1, 0.15) is 16.7 Å². The second-order valence-electron chi connectivity index (χ2n) is 6.15. The van der Waals surface area contributed by atoms with Gasteiger partial charge in [0.05, 0.1) is 10.6 Å². The molecule has 1 heterocycles. The van der Waals surface area contributed by atoms with E-state index in [1.807, 2.05) is 39.0 Å². The second kappa shape index (κ2) is 6.69. The van der Waals surface area contributed by atoms with E-state index in [0.717, 1.165) is 22.4 Å². The summed E-state index contributed by atoms with van der Waals surface area (Å²) in [5, 5.41) is 0. The zero-order valence-electron chi connectivity index (χ0n) is 14.4. The van der Waals surface area contributed by atoms with Crippen molar-refractivity contribution in [3.63, 3.8) is 0 Å². The quantitative estimate of drug-likeness (QED) is 0.753.